The van der Waals surface area contributed by atoms with Crippen molar-refractivity contribution in [1.82, 2.24) is 0 Å². The Kier molecular flexibility index (Phi) is 16.2. The fourth-order valence-corrected chi connectivity index (χ4v) is 13.0. The minimum absolute atomic E-state index is 1.10. The molecule has 0 aliphatic carbocycles. The third-order valence-corrected chi connectivity index (χ3v) is 17.5. The highest BCUT2D eigenvalue weighted by atomic mass is 15.2. The van der Waals surface area contributed by atoms with E-state index in [4.69, 9.17) is 0 Å². The Hall–Kier alpha value is -12.3. The molecule has 0 heterocycles. The average molecular weight is 1190 g/mol. The Morgan fingerprint density at radius 3 is 0.710 bits per heavy atom. The zero-order valence-electron chi connectivity index (χ0n) is 51.4. The summed E-state index contributed by atoms with van der Waals surface area (Å²) >= 11 is 0. The quantitative estimate of drug-likeness (QED) is 0.107. The highest BCUT2D eigenvalue weighted by Gasteiger charge is 2.19. The van der Waals surface area contributed by atoms with Crippen LogP contribution in [0.2, 0.25) is 0 Å². The van der Waals surface area contributed by atoms with Gasteiger partial charge in [-0.25, -0.2) is 0 Å². The van der Waals surface area contributed by atoms with Gasteiger partial charge in [-0.3, -0.25) is 0 Å². The van der Waals surface area contributed by atoms with Gasteiger partial charge in [0.05, 0.1) is 5.69 Å². The molecule has 0 bridgehead atoms. The standard InChI is InChI=1S/C56H40N2.C34H25N/c1-3-17-47(18-4-1)57(51-37-29-45(30-38-51)55-23-11-15-43-13-7-9-21-53(43)55)49-33-25-41(26-34-49)42-27-35-50(36-28-42)58(48-19-5-2-6-20-48)52-39-31-46(32-40-52)56-24-12-16-44-14-8-10-22-54(44)56;1-3-12-27(13-4-1)33-19-9-10-21-34(33)35(29-16-5-2-6-17-29)30-24-22-28(23-25-30)32-20-11-15-26-14-7-8-18-31(26)32/h1-40H;1-25H. The second kappa shape index (κ2) is 26.4. The molecule has 0 saturated carbocycles. The predicted molar refractivity (Wildman–Crippen MR) is 397 cm³/mol. The van der Waals surface area contributed by atoms with Crippen molar-refractivity contribution in [2.24, 2.45) is 0 Å². The summed E-state index contributed by atoms with van der Waals surface area (Å²) in [7, 11) is 0. The molecule has 93 heavy (non-hydrogen) atoms. The molecule has 0 aliphatic heterocycles. The molecule has 0 aromatic heterocycles. The topological polar surface area (TPSA) is 9.72 Å². The van der Waals surface area contributed by atoms with E-state index in [1.165, 1.54) is 88.0 Å². The van der Waals surface area contributed by atoms with Crippen LogP contribution in [0.3, 0.4) is 0 Å². The molecule has 0 saturated heterocycles. The van der Waals surface area contributed by atoms with E-state index in [1.807, 2.05) is 0 Å². The fraction of sp³-hybridized carbons (Fsp3) is 0. The first kappa shape index (κ1) is 57.2. The molecule has 0 radical (unpaired) electrons. The molecule has 16 aromatic rings. The molecule has 0 aliphatic rings. The summed E-state index contributed by atoms with van der Waals surface area (Å²) in [5.74, 6) is 0. The summed E-state index contributed by atoms with van der Waals surface area (Å²) in [6.45, 7) is 0. The largest absolute Gasteiger partial charge is 0.311 e. The van der Waals surface area contributed by atoms with Gasteiger partial charge in [0.25, 0.3) is 0 Å². The molecule has 3 nitrogen and oxygen atoms in total. The van der Waals surface area contributed by atoms with Gasteiger partial charge < -0.3 is 14.7 Å². The Bertz CT molecular complexity index is 4930. The highest BCUT2D eigenvalue weighted by molar-refractivity contribution is 6.00. The SMILES string of the molecule is c1ccc(-c2ccccc2N(c2ccccc2)c2ccc(-c3cccc4ccccc34)cc2)cc1.c1ccc(N(c2ccc(-c3ccc(N(c4ccccc4)c4ccc(-c5cccc6ccccc56)cc4)cc3)cc2)c2ccc(-c3cccc4ccccc34)cc2)cc1. The number of hydrogen-bond donors (Lipinski definition) is 0. The van der Waals surface area contributed by atoms with Crippen LogP contribution in [0, 0.1) is 0 Å². The van der Waals surface area contributed by atoms with E-state index in [-0.39, 0.29) is 0 Å². The number of benzene rings is 16. The summed E-state index contributed by atoms with van der Waals surface area (Å²) in [6, 6.07) is 141. The molecule has 16 rings (SSSR count). The van der Waals surface area contributed by atoms with Crippen molar-refractivity contribution >= 4 is 83.5 Å². The van der Waals surface area contributed by atoms with Crippen LogP contribution in [-0.4, -0.2) is 0 Å². The van der Waals surface area contributed by atoms with Crippen LogP contribution in [-0.2, 0) is 0 Å². The van der Waals surface area contributed by atoms with Gasteiger partial charge >= 0.3 is 0 Å². The monoisotopic (exact) mass is 1190 g/mol. The third-order valence-electron chi connectivity index (χ3n) is 17.5. The first-order valence-corrected chi connectivity index (χ1v) is 31.8. The molecule has 3 heteroatoms. The number of fused-ring (bicyclic) bond motifs is 3. The molecule has 0 N–H and O–H groups in total. The van der Waals surface area contributed by atoms with E-state index in [2.05, 4.69) is 409 Å². The number of rotatable bonds is 14. The van der Waals surface area contributed by atoms with Gasteiger partial charge in [0.15, 0.2) is 0 Å². The second-order valence-corrected chi connectivity index (χ2v) is 23.2. The van der Waals surface area contributed by atoms with Crippen molar-refractivity contribution in [3.63, 3.8) is 0 Å². The Morgan fingerprint density at radius 1 is 0.129 bits per heavy atom. The van der Waals surface area contributed by atoms with E-state index >= 15 is 0 Å². The fourth-order valence-electron chi connectivity index (χ4n) is 13.0. The molecular formula is C90H65N3. The number of para-hydroxylation sites is 4. The van der Waals surface area contributed by atoms with Gasteiger partial charge in [-0.15, -0.1) is 0 Å². The Morgan fingerprint density at radius 2 is 0.355 bits per heavy atom. The minimum atomic E-state index is 1.10. The first-order valence-electron chi connectivity index (χ1n) is 31.8. The highest BCUT2D eigenvalue weighted by Crippen LogP contribution is 2.44. The molecular weight excluding hydrogens is 1120 g/mol. The van der Waals surface area contributed by atoms with Crippen LogP contribution < -0.4 is 14.7 Å². The van der Waals surface area contributed by atoms with E-state index in [1.54, 1.807) is 0 Å². The summed E-state index contributed by atoms with van der Waals surface area (Å²) in [5.41, 5.74) is 22.2. The maximum atomic E-state index is 2.34. The van der Waals surface area contributed by atoms with Gasteiger partial charge in [-0.05, 0) is 186 Å². The van der Waals surface area contributed by atoms with Crippen LogP contribution in [0.15, 0.2) is 394 Å². The number of nitrogens with zero attached hydrogens (tertiary/aromatic N) is 3. The van der Waals surface area contributed by atoms with E-state index in [9.17, 15) is 0 Å². The third kappa shape index (κ3) is 12.1. The van der Waals surface area contributed by atoms with Gasteiger partial charge in [-0.1, -0.05) is 291 Å². The van der Waals surface area contributed by atoms with E-state index in [0.29, 0.717) is 0 Å². The molecule has 0 amide bonds. The van der Waals surface area contributed by atoms with Crippen LogP contribution in [0.25, 0.3) is 88.0 Å². The average Bonchev–Trinajstić information content (AvgIpc) is 1.23. The normalized spacial score (nSPS) is 11.0. The van der Waals surface area contributed by atoms with Crippen LogP contribution in [0.5, 0.6) is 0 Å². The second-order valence-electron chi connectivity index (χ2n) is 23.2. The number of hydrogen-bond acceptors (Lipinski definition) is 3. The molecule has 0 fully saturated rings. The van der Waals surface area contributed by atoms with Crippen molar-refractivity contribution in [2.75, 3.05) is 14.7 Å². The Balaban J connectivity index is 0.000000174. The van der Waals surface area contributed by atoms with Crippen molar-refractivity contribution in [3.05, 3.63) is 394 Å². The lowest BCUT2D eigenvalue weighted by molar-refractivity contribution is 1.28. The van der Waals surface area contributed by atoms with Crippen molar-refractivity contribution < 1.29 is 0 Å². The van der Waals surface area contributed by atoms with Crippen LogP contribution in [0.1, 0.15) is 0 Å². The lowest BCUT2D eigenvalue weighted by Crippen LogP contribution is -2.11. The maximum absolute atomic E-state index is 2.34. The van der Waals surface area contributed by atoms with Gasteiger partial charge in [0.2, 0.25) is 0 Å². The maximum Gasteiger partial charge on any atom is 0.0540 e. The minimum Gasteiger partial charge on any atom is -0.311 e. The summed E-state index contributed by atoms with van der Waals surface area (Å²) in [5, 5.41) is 7.57. The zero-order chi connectivity index (χ0) is 62.1. The number of anilines is 9. The van der Waals surface area contributed by atoms with E-state index < -0.39 is 0 Å². The predicted octanol–water partition coefficient (Wildman–Crippen LogP) is 25.6. The van der Waals surface area contributed by atoms with Crippen molar-refractivity contribution in [2.45, 2.75) is 0 Å². The van der Waals surface area contributed by atoms with Crippen LogP contribution >= 0.6 is 0 Å². The Labute approximate surface area is 544 Å². The first-order chi connectivity index (χ1) is 46.1. The summed E-state index contributed by atoms with van der Waals surface area (Å²) in [6.07, 6.45) is 0. The molecule has 16 aromatic carbocycles. The summed E-state index contributed by atoms with van der Waals surface area (Å²) < 4.78 is 0. The van der Waals surface area contributed by atoms with Gasteiger partial charge in [0, 0.05) is 51.1 Å². The van der Waals surface area contributed by atoms with Crippen LogP contribution in [0.4, 0.5) is 51.2 Å². The van der Waals surface area contributed by atoms with Crippen molar-refractivity contribution in [1.29, 1.82) is 0 Å². The smallest absolute Gasteiger partial charge is 0.0540 e. The van der Waals surface area contributed by atoms with Gasteiger partial charge in [0.1, 0.15) is 0 Å². The van der Waals surface area contributed by atoms with Crippen molar-refractivity contribution in [3.8, 4) is 55.6 Å². The lowest BCUT2D eigenvalue weighted by atomic mass is 9.97. The lowest BCUT2D eigenvalue weighted by Gasteiger charge is -2.28. The molecule has 0 spiro atoms. The van der Waals surface area contributed by atoms with Gasteiger partial charge in [-0.2, -0.15) is 0 Å². The molecule has 0 unspecified atom stereocenters. The molecule has 440 valence electrons. The summed E-state index contributed by atoms with van der Waals surface area (Å²) in [4.78, 5) is 6.99. The van der Waals surface area contributed by atoms with E-state index in [0.717, 1.165) is 51.2 Å². The zero-order valence-corrected chi connectivity index (χ0v) is 51.4. The molecule has 0 atom stereocenters.